The Morgan fingerprint density at radius 1 is 0.938 bits per heavy atom. The first-order valence-electron chi connectivity index (χ1n) is 9.44. The number of hydrogen-bond acceptors (Lipinski definition) is 5. The van der Waals surface area contributed by atoms with Crippen LogP contribution >= 0.6 is 24.0 Å². The Labute approximate surface area is 202 Å². The molecule has 0 aliphatic carbocycles. The van der Waals surface area contributed by atoms with Gasteiger partial charge in [-0.1, -0.05) is 6.07 Å². The van der Waals surface area contributed by atoms with Gasteiger partial charge in [-0.25, -0.2) is 0 Å². The molecule has 0 aliphatic heterocycles. The van der Waals surface area contributed by atoms with Gasteiger partial charge in [-0.2, -0.15) is 13.2 Å². The van der Waals surface area contributed by atoms with E-state index in [1.165, 1.54) is 13.2 Å². The molecule has 2 N–H and O–H groups in total. The first kappa shape index (κ1) is 27.5. The van der Waals surface area contributed by atoms with Crippen LogP contribution in [-0.4, -0.2) is 46.6 Å². The van der Waals surface area contributed by atoms with Crippen LogP contribution in [0.2, 0.25) is 0 Å². The van der Waals surface area contributed by atoms with Gasteiger partial charge in [-0.3, -0.25) is 4.99 Å². The largest absolute Gasteiger partial charge is 0.493 e. The minimum Gasteiger partial charge on any atom is -0.493 e. The monoisotopic (exact) mass is 569 g/mol. The zero-order valence-corrected chi connectivity index (χ0v) is 20.5. The first-order chi connectivity index (χ1) is 14.8. The smallest absolute Gasteiger partial charge is 0.422 e. The molecule has 32 heavy (non-hydrogen) atoms. The fourth-order valence-electron chi connectivity index (χ4n) is 2.62. The summed E-state index contributed by atoms with van der Waals surface area (Å²) in [6.45, 7) is 1.38. The maximum Gasteiger partial charge on any atom is 0.422 e. The highest BCUT2D eigenvalue weighted by Gasteiger charge is 2.29. The van der Waals surface area contributed by atoms with Crippen LogP contribution in [0.3, 0.4) is 0 Å². The number of anilines is 1. The van der Waals surface area contributed by atoms with Crippen molar-refractivity contribution in [2.24, 2.45) is 4.99 Å². The van der Waals surface area contributed by atoms with E-state index in [0.717, 1.165) is 11.3 Å². The standard InChI is InChI=1S/C21H26F3N3O4.HI/c1-5-30-16-9-7-15(11-19(16)29-4)27-20(25-2)26-12-14-6-8-17(18(10-14)28-3)31-13-21(22,23)24;/h6-11H,5,12-13H2,1-4H3,(H2,25,26,27);1H. The molecule has 2 aromatic carbocycles. The van der Waals surface area contributed by atoms with E-state index in [1.54, 1.807) is 38.4 Å². The van der Waals surface area contributed by atoms with Gasteiger partial charge in [-0.05, 0) is 36.8 Å². The zero-order chi connectivity index (χ0) is 22.9. The molecule has 0 saturated carbocycles. The van der Waals surface area contributed by atoms with Crippen molar-refractivity contribution in [3.05, 3.63) is 42.0 Å². The van der Waals surface area contributed by atoms with E-state index in [1.807, 2.05) is 13.0 Å². The van der Waals surface area contributed by atoms with Gasteiger partial charge in [0.05, 0.1) is 20.8 Å². The lowest BCUT2D eigenvalue weighted by Gasteiger charge is -2.16. The molecular formula is C21H27F3IN3O4. The minimum atomic E-state index is -4.42. The summed E-state index contributed by atoms with van der Waals surface area (Å²) in [7, 11) is 4.55. The highest BCUT2D eigenvalue weighted by Crippen LogP contribution is 2.31. The van der Waals surface area contributed by atoms with E-state index >= 15 is 0 Å². The van der Waals surface area contributed by atoms with Crippen molar-refractivity contribution in [3.63, 3.8) is 0 Å². The molecule has 0 aliphatic rings. The zero-order valence-electron chi connectivity index (χ0n) is 18.2. The molecule has 0 unspecified atom stereocenters. The number of ether oxygens (including phenoxy) is 4. The predicted molar refractivity (Wildman–Crippen MR) is 128 cm³/mol. The summed E-state index contributed by atoms with van der Waals surface area (Å²) in [6, 6.07) is 10.1. The highest BCUT2D eigenvalue weighted by atomic mass is 127. The third-order valence-corrected chi connectivity index (χ3v) is 4.03. The lowest BCUT2D eigenvalue weighted by molar-refractivity contribution is -0.153. The van der Waals surface area contributed by atoms with Gasteiger partial charge < -0.3 is 29.6 Å². The third kappa shape index (κ3) is 8.52. The Balaban J connectivity index is 0.00000512. The number of aliphatic imine (C=N–C) groups is 1. The fourth-order valence-corrected chi connectivity index (χ4v) is 2.62. The minimum absolute atomic E-state index is 0. The van der Waals surface area contributed by atoms with Crippen LogP contribution in [0.1, 0.15) is 12.5 Å². The normalized spacial score (nSPS) is 11.3. The molecule has 11 heteroatoms. The van der Waals surface area contributed by atoms with Gasteiger partial charge in [0.15, 0.2) is 35.6 Å². The molecule has 0 bridgehead atoms. The number of hydrogen-bond donors (Lipinski definition) is 2. The molecular weight excluding hydrogens is 542 g/mol. The van der Waals surface area contributed by atoms with Crippen LogP contribution < -0.4 is 29.6 Å². The maximum atomic E-state index is 12.4. The van der Waals surface area contributed by atoms with Crippen molar-refractivity contribution in [3.8, 4) is 23.0 Å². The second kappa shape index (κ2) is 13.1. The molecule has 0 atom stereocenters. The van der Waals surface area contributed by atoms with E-state index in [2.05, 4.69) is 15.6 Å². The maximum absolute atomic E-state index is 12.4. The number of alkyl halides is 3. The predicted octanol–water partition coefficient (Wildman–Crippen LogP) is 4.85. The van der Waals surface area contributed by atoms with Crippen LogP contribution in [0.5, 0.6) is 23.0 Å². The van der Waals surface area contributed by atoms with E-state index in [0.29, 0.717) is 30.6 Å². The molecule has 0 heterocycles. The Bertz CT molecular complexity index is 895. The summed E-state index contributed by atoms with van der Waals surface area (Å²) in [5.41, 5.74) is 1.50. The topological polar surface area (TPSA) is 73.3 Å². The summed E-state index contributed by atoms with van der Waals surface area (Å²) in [4.78, 5) is 4.17. The molecule has 2 rings (SSSR count). The number of benzene rings is 2. The number of nitrogens with one attached hydrogen (secondary N) is 2. The molecule has 2 aromatic rings. The Kier molecular flexibility index (Phi) is 11.2. The second-order valence-electron chi connectivity index (χ2n) is 6.24. The van der Waals surface area contributed by atoms with Gasteiger partial charge in [-0.15, -0.1) is 24.0 Å². The molecule has 0 fully saturated rings. The SMILES string of the molecule is CCOc1ccc(NC(=NC)NCc2ccc(OCC(F)(F)F)c(OC)c2)cc1OC.I. The van der Waals surface area contributed by atoms with Crippen molar-refractivity contribution in [2.75, 3.05) is 39.8 Å². The van der Waals surface area contributed by atoms with Crippen molar-refractivity contribution in [1.82, 2.24) is 5.32 Å². The van der Waals surface area contributed by atoms with Crippen LogP contribution in [0.25, 0.3) is 0 Å². The molecule has 178 valence electrons. The summed E-state index contributed by atoms with van der Waals surface area (Å²) in [6.07, 6.45) is -4.42. The van der Waals surface area contributed by atoms with Crippen LogP contribution in [0.4, 0.5) is 18.9 Å². The van der Waals surface area contributed by atoms with E-state index in [4.69, 9.17) is 18.9 Å². The Morgan fingerprint density at radius 2 is 1.56 bits per heavy atom. The van der Waals surface area contributed by atoms with E-state index in [9.17, 15) is 13.2 Å². The Morgan fingerprint density at radius 3 is 2.16 bits per heavy atom. The summed E-state index contributed by atoms with van der Waals surface area (Å²) < 4.78 is 57.9. The second-order valence-corrected chi connectivity index (χ2v) is 6.24. The first-order valence-corrected chi connectivity index (χ1v) is 9.44. The highest BCUT2D eigenvalue weighted by molar-refractivity contribution is 14.0. The molecule has 0 spiro atoms. The quantitative estimate of drug-likeness (QED) is 0.256. The van der Waals surface area contributed by atoms with Gasteiger partial charge >= 0.3 is 6.18 Å². The van der Waals surface area contributed by atoms with E-state index in [-0.39, 0.29) is 35.5 Å². The number of rotatable bonds is 9. The van der Waals surface area contributed by atoms with Gasteiger partial charge in [0.1, 0.15) is 0 Å². The Hall–Kier alpha value is -2.57. The van der Waals surface area contributed by atoms with Gasteiger partial charge in [0.2, 0.25) is 0 Å². The summed E-state index contributed by atoms with van der Waals surface area (Å²) in [5, 5.41) is 6.27. The van der Waals surface area contributed by atoms with Crippen LogP contribution in [0.15, 0.2) is 41.4 Å². The fraction of sp³-hybridized carbons (Fsp3) is 0.381. The molecule has 0 radical (unpaired) electrons. The number of nitrogens with zero attached hydrogens (tertiary/aromatic N) is 1. The van der Waals surface area contributed by atoms with Gasteiger partial charge in [0.25, 0.3) is 0 Å². The average molecular weight is 569 g/mol. The number of methoxy groups -OCH3 is 2. The van der Waals surface area contributed by atoms with Crippen molar-refractivity contribution in [2.45, 2.75) is 19.6 Å². The van der Waals surface area contributed by atoms with Crippen LogP contribution in [0, 0.1) is 0 Å². The molecule has 0 saturated heterocycles. The lowest BCUT2D eigenvalue weighted by atomic mass is 10.2. The van der Waals surface area contributed by atoms with Crippen molar-refractivity contribution < 1.29 is 32.1 Å². The molecule has 7 nitrogen and oxygen atoms in total. The van der Waals surface area contributed by atoms with Gasteiger partial charge in [0, 0.05) is 25.3 Å². The number of halogens is 4. The summed E-state index contributed by atoms with van der Waals surface area (Å²) >= 11 is 0. The van der Waals surface area contributed by atoms with Crippen molar-refractivity contribution >= 4 is 35.6 Å². The van der Waals surface area contributed by atoms with Crippen molar-refractivity contribution in [1.29, 1.82) is 0 Å². The lowest BCUT2D eigenvalue weighted by Crippen LogP contribution is -2.30. The summed E-state index contributed by atoms with van der Waals surface area (Å²) in [5.74, 6) is 1.94. The third-order valence-electron chi connectivity index (χ3n) is 4.03. The molecule has 0 aromatic heterocycles. The average Bonchev–Trinajstić information content (AvgIpc) is 2.75. The molecule has 0 amide bonds. The number of guanidine groups is 1. The van der Waals surface area contributed by atoms with Crippen LogP contribution in [-0.2, 0) is 6.54 Å². The van der Waals surface area contributed by atoms with E-state index < -0.39 is 12.8 Å².